The van der Waals surface area contributed by atoms with Crippen LogP contribution in [0, 0.1) is 11.3 Å². The molecule has 3 nitrogen and oxygen atoms in total. The summed E-state index contributed by atoms with van der Waals surface area (Å²) in [5.74, 6) is 1.38. The van der Waals surface area contributed by atoms with Gasteiger partial charge in [-0.3, -0.25) is 4.99 Å². The van der Waals surface area contributed by atoms with Gasteiger partial charge in [0.25, 0.3) is 0 Å². The lowest BCUT2D eigenvalue weighted by Crippen LogP contribution is -2.53. The van der Waals surface area contributed by atoms with E-state index in [0.29, 0.717) is 11.3 Å². The molecular weight excluding hydrogens is 254 g/mol. The molecule has 4 heteroatoms. The van der Waals surface area contributed by atoms with E-state index in [1.165, 1.54) is 17.7 Å². The van der Waals surface area contributed by atoms with Crippen molar-refractivity contribution in [2.45, 2.75) is 45.7 Å². The Balaban J connectivity index is 1.89. The van der Waals surface area contributed by atoms with Crippen molar-refractivity contribution in [2.24, 2.45) is 22.1 Å². The Bertz CT molecular complexity index is 491. The van der Waals surface area contributed by atoms with Crippen molar-refractivity contribution in [3.8, 4) is 0 Å². The van der Waals surface area contributed by atoms with Crippen LogP contribution in [0.25, 0.3) is 0 Å². The minimum atomic E-state index is 0.150. The fourth-order valence-electron chi connectivity index (χ4n) is 4.08. The third-order valence-electron chi connectivity index (χ3n) is 4.78. The molecule has 1 saturated carbocycles. The lowest BCUT2D eigenvalue weighted by molar-refractivity contribution is 0.143. The molecule has 1 spiro atoms. The Hall–Kier alpha value is -1.03. The average molecular weight is 277 g/mol. The second-order valence-electron chi connectivity index (χ2n) is 6.89. The first-order valence-corrected chi connectivity index (χ1v) is 7.91. The largest absolute Gasteiger partial charge is 0.370 e. The summed E-state index contributed by atoms with van der Waals surface area (Å²) >= 11 is 1.80. The Kier molecular flexibility index (Phi) is 2.89. The van der Waals surface area contributed by atoms with Gasteiger partial charge in [-0.1, -0.05) is 26.8 Å². The van der Waals surface area contributed by atoms with Crippen LogP contribution < -0.4 is 5.73 Å². The highest BCUT2D eigenvalue weighted by Gasteiger charge is 2.54. The molecule has 1 aliphatic carbocycles. The van der Waals surface area contributed by atoms with Crippen LogP contribution >= 0.6 is 11.3 Å². The summed E-state index contributed by atoms with van der Waals surface area (Å²) < 4.78 is 0. The third kappa shape index (κ3) is 2.06. The second-order valence-corrected chi connectivity index (χ2v) is 7.92. The van der Waals surface area contributed by atoms with E-state index in [-0.39, 0.29) is 5.54 Å². The highest BCUT2D eigenvalue weighted by atomic mass is 32.1. The van der Waals surface area contributed by atoms with Crippen LogP contribution in [0.5, 0.6) is 0 Å². The van der Waals surface area contributed by atoms with Gasteiger partial charge in [-0.15, -0.1) is 11.3 Å². The smallest absolute Gasteiger partial charge is 0.192 e. The van der Waals surface area contributed by atoms with Crippen molar-refractivity contribution in [1.82, 2.24) is 4.90 Å². The first-order chi connectivity index (χ1) is 8.93. The molecule has 1 fully saturated rings. The maximum absolute atomic E-state index is 6.18. The van der Waals surface area contributed by atoms with Crippen molar-refractivity contribution >= 4 is 17.3 Å². The van der Waals surface area contributed by atoms with Gasteiger partial charge in [-0.2, -0.15) is 0 Å². The van der Waals surface area contributed by atoms with E-state index >= 15 is 0 Å². The van der Waals surface area contributed by atoms with Crippen LogP contribution in [0.2, 0.25) is 0 Å². The van der Waals surface area contributed by atoms with Gasteiger partial charge in [-0.25, -0.2) is 0 Å². The van der Waals surface area contributed by atoms with Crippen molar-refractivity contribution in [1.29, 1.82) is 0 Å². The normalized spacial score (nSPS) is 33.1. The molecule has 2 N–H and O–H groups in total. The summed E-state index contributed by atoms with van der Waals surface area (Å²) in [6.07, 6.45) is 2.45. The van der Waals surface area contributed by atoms with Crippen LogP contribution in [0.1, 0.15) is 38.5 Å². The van der Waals surface area contributed by atoms with Crippen molar-refractivity contribution < 1.29 is 0 Å². The van der Waals surface area contributed by atoms with Gasteiger partial charge in [0.1, 0.15) is 0 Å². The van der Waals surface area contributed by atoms with Gasteiger partial charge < -0.3 is 10.6 Å². The molecule has 2 heterocycles. The van der Waals surface area contributed by atoms with E-state index in [1.807, 2.05) is 0 Å². The number of nitrogens with zero attached hydrogens (tertiary/aromatic N) is 2. The zero-order valence-corrected chi connectivity index (χ0v) is 12.8. The molecule has 1 aliphatic heterocycles. The van der Waals surface area contributed by atoms with Gasteiger partial charge in [0.2, 0.25) is 0 Å². The van der Waals surface area contributed by atoms with Crippen LogP contribution in [-0.2, 0) is 6.54 Å². The van der Waals surface area contributed by atoms with Gasteiger partial charge in [0, 0.05) is 4.88 Å². The Morgan fingerprint density at radius 3 is 2.89 bits per heavy atom. The maximum Gasteiger partial charge on any atom is 0.192 e. The molecule has 3 rings (SSSR count). The van der Waals surface area contributed by atoms with Crippen molar-refractivity contribution in [3.05, 3.63) is 22.4 Å². The van der Waals surface area contributed by atoms with Crippen LogP contribution in [-0.4, -0.2) is 22.9 Å². The second kappa shape index (κ2) is 4.23. The van der Waals surface area contributed by atoms with Gasteiger partial charge in [-0.05, 0) is 35.6 Å². The summed E-state index contributed by atoms with van der Waals surface area (Å²) in [6, 6.07) is 4.30. The molecule has 0 radical (unpaired) electrons. The number of guanidine groups is 1. The van der Waals surface area contributed by atoms with Gasteiger partial charge in [0.05, 0.1) is 18.6 Å². The van der Waals surface area contributed by atoms with E-state index in [2.05, 4.69) is 48.2 Å². The van der Waals surface area contributed by atoms with E-state index in [9.17, 15) is 0 Å². The standard InChI is InChI=1S/C15H23N3S/c1-11-7-14(2,3)9-15(11)10-17-13(16)18(15)8-12-5-4-6-19-12/h4-6,11H,7-10H2,1-3H3,(H2,16,17). The molecule has 1 aromatic heterocycles. The molecule has 2 aliphatic rings. The SMILES string of the molecule is CC1CC(C)(C)CC12CN=C(N)N2Cc1cccs1. The predicted octanol–water partition coefficient (Wildman–Crippen LogP) is 3.07. The monoisotopic (exact) mass is 277 g/mol. The minimum absolute atomic E-state index is 0.150. The lowest BCUT2D eigenvalue weighted by Gasteiger charge is -2.40. The molecule has 1 aromatic rings. The fraction of sp³-hybridized carbons (Fsp3) is 0.667. The number of nitrogens with two attached hydrogens (primary N) is 1. The number of thiophene rings is 1. The van der Waals surface area contributed by atoms with Crippen molar-refractivity contribution in [2.75, 3.05) is 6.54 Å². The quantitative estimate of drug-likeness (QED) is 0.902. The Morgan fingerprint density at radius 1 is 1.53 bits per heavy atom. The molecule has 19 heavy (non-hydrogen) atoms. The molecule has 0 amide bonds. The summed E-state index contributed by atoms with van der Waals surface area (Å²) in [6.45, 7) is 8.89. The molecule has 0 aromatic carbocycles. The molecule has 2 atom stereocenters. The van der Waals surface area contributed by atoms with E-state index < -0.39 is 0 Å². The number of rotatable bonds is 2. The summed E-state index contributed by atoms with van der Waals surface area (Å²) in [5.41, 5.74) is 6.73. The molecule has 0 saturated heterocycles. The highest BCUT2D eigenvalue weighted by Crippen LogP contribution is 2.52. The Labute approximate surface area is 119 Å². The van der Waals surface area contributed by atoms with Crippen LogP contribution in [0.3, 0.4) is 0 Å². The maximum atomic E-state index is 6.18. The van der Waals surface area contributed by atoms with Crippen LogP contribution in [0.4, 0.5) is 0 Å². The number of hydrogen-bond donors (Lipinski definition) is 1. The lowest BCUT2D eigenvalue weighted by atomic mass is 9.85. The third-order valence-corrected chi connectivity index (χ3v) is 5.64. The highest BCUT2D eigenvalue weighted by molar-refractivity contribution is 7.09. The molecule has 2 unspecified atom stereocenters. The molecular formula is C15H23N3S. The number of hydrogen-bond acceptors (Lipinski definition) is 4. The van der Waals surface area contributed by atoms with E-state index in [1.54, 1.807) is 11.3 Å². The van der Waals surface area contributed by atoms with Crippen molar-refractivity contribution in [3.63, 3.8) is 0 Å². The predicted molar refractivity (Wildman–Crippen MR) is 81.3 cm³/mol. The van der Waals surface area contributed by atoms with Gasteiger partial charge >= 0.3 is 0 Å². The molecule has 0 bridgehead atoms. The van der Waals surface area contributed by atoms with Crippen LogP contribution in [0.15, 0.2) is 22.5 Å². The minimum Gasteiger partial charge on any atom is -0.370 e. The summed E-state index contributed by atoms with van der Waals surface area (Å²) in [4.78, 5) is 8.32. The average Bonchev–Trinajstić information content (AvgIpc) is 2.96. The van der Waals surface area contributed by atoms with Gasteiger partial charge in [0.15, 0.2) is 5.96 Å². The fourth-order valence-corrected chi connectivity index (χ4v) is 4.77. The number of aliphatic imine (C=N–C) groups is 1. The van der Waals surface area contributed by atoms with E-state index in [4.69, 9.17) is 5.73 Å². The van der Waals surface area contributed by atoms with E-state index in [0.717, 1.165) is 19.0 Å². The Morgan fingerprint density at radius 2 is 2.32 bits per heavy atom. The topological polar surface area (TPSA) is 41.6 Å². The first-order valence-electron chi connectivity index (χ1n) is 7.03. The molecule has 104 valence electrons. The summed E-state index contributed by atoms with van der Waals surface area (Å²) in [5, 5.41) is 2.13. The summed E-state index contributed by atoms with van der Waals surface area (Å²) in [7, 11) is 0. The zero-order chi connectivity index (χ0) is 13.7. The zero-order valence-electron chi connectivity index (χ0n) is 12.0. The first kappa shape index (κ1) is 13.0.